The Labute approximate surface area is 218 Å². The van der Waals surface area contributed by atoms with Crippen LogP contribution in [-0.4, -0.2) is 52.8 Å². The Morgan fingerprint density at radius 1 is 1.22 bits per heavy atom. The van der Waals surface area contributed by atoms with Crippen molar-refractivity contribution >= 4 is 51.8 Å². The fourth-order valence-electron chi connectivity index (χ4n) is 6.75. The monoisotopic (exact) mass is 525 g/mol. The SMILES string of the molecule is N#C[C@H](C[C@@H]1CCNC1=O)NC(=O)[C@@H]1[C@@H]2[C@H](CN1C(=O)c1cc3c(Cl)cc(Cl)cc3[nH]1)[C@@H]1C=C[C@H]2C1. The van der Waals surface area contributed by atoms with Crippen molar-refractivity contribution in [2.75, 3.05) is 13.1 Å². The Morgan fingerprint density at radius 3 is 2.78 bits per heavy atom. The number of amides is 3. The average molecular weight is 526 g/mol. The number of aromatic nitrogens is 1. The molecule has 36 heavy (non-hydrogen) atoms. The van der Waals surface area contributed by atoms with Crippen LogP contribution in [0.4, 0.5) is 0 Å². The summed E-state index contributed by atoms with van der Waals surface area (Å²) in [5.41, 5.74) is 0.990. The molecule has 2 saturated heterocycles. The number of rotatable bonds is 5. The van der Waals surface area contributed by atoms with Crippen LogP contribution < -0.4 is 10.6 Å². The number of allylic oxidation sites excluding steroid dienone is 2. The van der Waals surface area contributed by atoms with E-state index >= 15 is 0 Å². The zero-order chi connectivity index (χ0) is 25.1. The molecule has 1 aromatic carbocycles. The van der Waals surface area contributed by atoms with Crippen LogP contribution >= 0.6 is 23.2 Å². The topological polar surface area (TPSA) is 118 Å². The van der Waals surface area contributed by atoms with Gasteiger partial charge >= 0.3 is 0 Å². The lowest BCUT2D eigenvalue weighted by Crippen LogP contribution is -2.52. The summed E-state index contributed by atoms with van der Waals surface area (Å²) in [7, 11) is 0. The Kier molecular flexibility index (Phi) is 5.73. The third kappa shape index (κ3) is 3.77. The lowest BCUT2D eigenvalue weighted by Gasteiger charge is -2.30. The van der Waals surface area contributed by atoms with Gasteiger partial charge in [0.1, 0.15) is 17.8 Å². The minimum Gasteiger partial charge on any atom is -0.356 e. The molecule has 0 unspecified atom stereocenters. The molecule has 3 amide bonds. The Bertz CT molecular complexity index is 1350. The number of carbonyl (C=O) groups is 3. The lowest BCUT2D eigenvalue weighted by molar-refractivity contribution is -0.127. The third-order valence-corrected chi connectivity index (χ3v) is 8.89. The van der Waals surface area contributed by atoms with Crippen LogP contribution in [0.2, 0.25) is 10.0 Å². The molecule has 2 aliphatic heterocycles. The fraction of sp³-hybridized carbons (Fsp3) is 0.462. The maximum atomic E-state index is 13.8. The molecule has 2 aliphatic carbocycles. The van der Waals surface area contributed by atoms with Gasteiger partial charge in [0.2, 0.25) is 11.8 Å². The van der Waals surface area contributed by atoms with Gasteiger partial charge in [0.15, 0.2) is 0 Å². The normalized spacial score (nSPS) is 30.9. The Hall–Kier alpha value is -3.02. The average Bonchev–Trinajstić information content (AvgIpc) is 3.65. The second-order valence-corrected chi connectivity index (χ2v) is 11.2. The first-order valence-corrected chi connectivity index (χ1v) is 13.0. The third-order valence-electron chi connectivity index (χ3n) is 8.36. The van der Waals surface area contributed by atoms with E-state index in [4.69, 9.17) is 23.2 Å². The summed E-state index contributed by atoms with van der Waals surface area (Å²) in [5.74, 6) is -0.224. The van der Waals surface area contributed by atoms with Gasteiger partial charge in [0.05, 0.1) is 11.1 Å². The molecule has 186 valence electrons. The molecule has 10 heteroatoms. The fourth-order valence-corrected chi connectivity index (χ4v) is 7.30. The second-order valence-electron chi connectivity index (χ2n) is 10.3. The van der Waals surface area contributed by atoms with Gasteiger partial charge in [0, 0.05) is 34.9 Å². The molecule has 7 atom stereocenters. The second kappa shape index (κ2) is 8.82. The molecule has 1 saturated carbocycles. The zero-order valence-corrected chi connectivity index (χ0v) is 20.9. The number of nitrogens with one attached hydrogen (secondary N) is 3. The Balaban J connectivity index is 1.28. The molecule has 3 fully saturated rings. The van der Waals surface area contributed by atoms with Crippen molar-refractivity contribution in [2.24, 2.45) is 29.6 Å². The van der Waals surface area contributed by atoms with Crippen molar-refractivity contribution < 1.29 is 14.4 Å². The molecular weight excluding hydrogens is 501 g/mol. The summed E-state index contributed by atoms with van der Waals surface area (Å²) in [6, 6.07) is 5.68. The quantitative estimate of drug-likeness (QED) is 0.519. The van der Waals surface area contributed by atoms with Crippen LogP contribution in [0.15, 0.2) is 30.4 Å². The van der Waals surface area contributed by atoms with Crippen LogP contribution in [0.1, 0.15) is 29.8 Å². The van der Waals surface area contributed by atoms with E-state index in [0.717, 1.165) is 6.42 Å². The minimum atomic E-state index is -0.800. The molecular formula is C26H25Cl2N5O3. The highest BCUT2D eigenvalue weighted by Crippen LogP contribution is 2.54. The number of benzene rings is 1. The number of H-pyrrole nitrogens is 1. The van der Waals surface area contributed by atoms with Crippen LogP contribution in [0.5, 0.6) is 0 Å². The number of nitrogens with zero attached hydrogens (tertiary/aromatic N) is 2. The first kappa shape index (κ1) is 23.4. The van der Waals surface area contributed by atoms with Gasteiger partial charge in [-0.3, -0.25) is 14.4 Å². The first-order valence-electron chi connectivity index (χ1n) is 12.3. The molecule has 6 rings (SSSR count). The molecule has 4 aliphatic rings. The zero-order valence-electron chi connectivity index (χ0n) is 19.3. The van der Waals surface area contributed by atoms with Crippen molar-refractivity contribution in [3.63, 3.8) is 0 Å². The van der Waals surface area contributed by atoms with Crippen LogP contribution in [0, 0.1) is 40.9 Å². The molecule has 1 aromatic heterocycles. The summed E-state index contributed by atoms with van der Waals surface area (Å²) in [5, 5.41) is 16.9. The highest BCUT2D eigenvalue weighted by Gasteiger charge is 2.58. The van der Waals surface area contributed by atoms with E-state index in [2.05, 4.69) is 33.8 Å². The van der Waals surface area contributed by atoms with E-state index in [1.54, 1.807) is 23.1 Å². The number of aromatic amines is 1. The van der Waals surface area contributed by atoms with Crippen molar-refractivity contribution in [2.45, 2.75) is 31.3 Å². The van der Waals surface area contributed by atoms with Crippen LogP contribution in [0.3, 0.4) is 0 Å². The molecule has 0 spiro atoms. The van der Waals surface area contributed by atoms with E-state index in [1.165, 1.54) is 0 Å². The highest BCUT2D eigenvalue weighted by molar-refractivity contribution is 6.38. The van der Waals surface area contributed by atoms with E-state index in [0.29, 0.717) is 52.1 Å². The number of nitriles is 1. The number of fused-ring (bicyclic) bond motifs is 6. The summed E-state index contributed by atoms with van der Waals surface area (Å²) >= 11 is 12.5. The maximum Gasteiger partial charge on any atom is 0.271 e. The van der Waals surface area contributed by atoms with E-state index in [-0.39, 0.29) is 47.8 Å². The lowest BCUT2D eigenvalue weighted by atomic mass is 9.81. The minimum absolute atomic E-state index is 0.000447. The van der Waals surface area contributed by atoms with Gasteiger partial charge in [-0.05, 0) is 61.1 Å². The molecule has 2 bridgehead atoms. The molecule has 8 nitrogen and oxygen atoms in total. The number of halogens is 2. The maximum absolute atomic E-state index is 13.8. The predicted molar refractivity (Wildman–Crippen MR) is 134 cm³/mol. The first-order chi connectivity index (χ1) is 17.3. The van der Waals surface area contributed by atoms with Gasteiger partial charge in [0.25, 0.3) is 5.91 Å². The number of hydrogen-bond acceptors (Lipinski definition) is 4. The standard InChI is InChI=1S/C26H25Cl2N5O3/c27-15-7-19(28)17-9-21(32-20(17)8-15)26(36)33-11-18-12-1-2-13(5-12)22(18)23(33)25(35)31-16(10-29)6-14-3-4-30-24(14)34/h1-2,7-9,12-14,16,18,22-23,32H,3-6,11H2,(H,30,34)(H,31,35)/t12-,13+,14+,16+,18-,22+,23+/m1/s1. The largest absolute Gasteiger partial charge is 0.356 e. The number of carbonyl (C=O) groups excluding carboxylic acids is 3. The van der Waals surface area contributed by atoms with Gasteiger partial charge in [-0.2, -0.15) is 5.26 Å². The van der Waals surface area contributed by atoms with Crippen molar-refractivity contribution in [1.29, 1.82) is 5.26 Å². The summed E-state index contributed by atoms with van der Waals surface area (Å²) < 4.78 is 0. The molecule has 2 aromatic rings. The predicted octanol–water partition coefficient (Wildman–Crippen LogP) is 3.27. The van der Waals surface area contributed by atoms with Gasteiger partial charge in [-0.15, -0.1) is 0 Å². The summed E-state index contributed by atoms with van der Waals surface area (Å²) in [4.78, 5) is 44.2. The number of likely N-dealkylation sites (tertiary alicyclic amines) is 1. The van der Waals surface area contributed by atoms with Crippen molar-refractivity contribution in [3.05, 3.63) is 46.1 Å². The molecule has 3 heterocycles. The van der Waals surface area contributed by atoms with E-state index in [1.807, 2.05) is 0 Å². The van der Waals surface area contributed by atoms with E-state index < -0.39 is 12.1 Å². The smallest absolute Gasteiger partial charge is 0.271 e. The van der Waals surface area contributed by atoms with Gasteiger partial charge in [-0.25, -0.2) is 0 Å². The number of hydrogen-bond donors (Lipinski definition) is 3. The molecule has 3 N–H and O–H groups in total. The van der Waals surface area contributed by atoms with Gasteiger partial charge < -0.3 is 20.5 Å². The van der Waals surface area contributed by atoms with Crippen LogP contribution in [-0.2, 0) is 9.59 Å². The molecule has 0 radical (unpaired) electrons. The van der Waals surface area contributed by atoms with Gasteiger partial charge in [-0.1, -0.05) is 35.4 Å². The van der Waals surface area contributed by atoms with Crippen molar-refractivity contribution in [3.8, 4) is 6.07 Å². The summed E-state index contributed by atoms with van der Waals surface area (Å²) in [6.45, 7) is 1.05. The Morgan fingerprint density at radius 2 is 2.03 bits per heavy atom. The van der Waals surface area contributed by atoms with E-state index in [9.17, 15) is 19.6 Å². The van der Waals surface area contributed by atoms with Crippen LogP contribution in [0.25, 0.3) is 10.9 Å². The highest BCUT2D eigenvalue weighted by atomic mass is 35.5. The van der Waals surface area contributed by atoms with Crippen molar-refractivity contribution in [1.82, 2.24) is 20.5 Å². The summed E-state index contributed by atoms with van der Waals surface area (Å²) in [6.07, 6.45) is 6.26.